The fourth-order valence-corrected chi connectivity index (χ4v) is 2.23. The molecule has 1 fully saturated rings. The molecule has 0 amide bonds. The fraction of sp³-hybridized carbons (Fsp3) is 0.692. The summed E-state index contributed by atoms with van der Waals surface area (Å²) in [6.45, 7) is 3.73. The van der Waals surface area contributed by atoms with Crippen LogP contribution >= 0.6 is 0 Å². The van der Waals surface area contributed by atoms with Gasteiger partial charge in [-0.2, -0.15) is 0 Å². The van der Waals surface area contributed by atoms with E-state index >= 15 is 0 Å². The monoisotopic (exact) mass is 265 g/mol. The highest BCUT2D eigenvalue weighted by atomic mass is 16.5. The van der Waals surface area contributed by atoms with Gasteiger partial charge in [0.1, 0.15) is 18.0 Å². The molecule has 0 aliphatic carbocycles. The van der Waals surface area contributed by atoms with Crippen LogP contribution in [0.15, 0.2) is 12.4 Å². The third-order valence-corrected chi connectivity index (χ3v) is 3.43. The molecule has 1 aromatic heterocycles. The summed E-state index contributed by atoms with van der Waals surface area (Å²) in [4.78, 5) is 10.8. The van der Waals surface area contributed by atoms with E-state index < -0.39 is 0 Å². The van der Waals surface area contributed by atoms with Crippen LogP contribution in [0.5, 0.6) is 0 Å². The summed E-state index contributed by atoms with van der Waals surface area (Å²) in [6, 6.07) is 2.53. The molecular formula is C13H23N5O. The lowest BCUT2D eigenvalue weighted by atomic mass is 10.2. The first-order valence-electron chi connectivity index (χ1n) is 6.79. The van der Waals surface area contributed by atoms with E-state index in [0.29, 0.717) is 6.04 Å². The maximum atomic E-state index is 5.02. The molecule has 1 aliphatic heterocycles. The van der Waals surface area contributed by atoms with E-state index in [1.165, 1.54) is 0 Å². The highest BCUT2D eigenvalue weighted by molar-refractivity contribution is 5.48. The van der Waals surface area contributed by atoms with E-state index in [4.69, 9.17) is 4.74 Å². The zero-order chi connectivity index (χ0) is 13.5. The molecular weight excluding hydrogens is 242 g/mol. The summed E-state index contributed by atoms with van der Waals surface area (Å²) >= 11 is 0. The van der Waals surface area contributed by atoms with Crippen LogP contribution in [0.2, 0.25) is 0 Å². The van der Waals surface area contributed by atoms with E-state index in [1.54, 1.807) is 13.4 Å². The van der Waals surface area contributed by atoms with Crippen molar-refractivity contribution in [1.82, 2.24) is 15.3 Å². The number of methoxy groups -OCH3 is 1. The predicted molar refractivity (Wildman–Crippen MR) is 76.7 cm³/mol. The van der Waals surface area contributed by atoms with Gasteiger partial charge < -0.3 is 20.3 Å². The Bertz CT molecular complexity index is 381. The lowest BCUT2D eigenvalue weighted by molar-refractivity contribution is 0.198. The van der Waals surface area contributed by atoms with Crippen LogP contribution in [-0.4, -0.2) is 56.4 Å². The summed E-state index contributed by atoms with van der Waals surface area (Å²) in [7, 11) is 3.81. The summed E-state index contributed by atoms with van der Waals surface area (Å²) < 4.78 is 5.02. The second-order valence-electron chi connectivity index (χ2n) is 4.79. The minimum Gasteiger partial charge on any atom is -0.385 e. The summed E-state index contributed by atoms with van der Waals surface area (Å²) in [5.74, 6) is 1.84. The molecule has 0 bridgehead atoms. The summed E-state index contributed by atoms with van der Waals surface area (Å²) in [5, 5.41) is 6.66. The van der Waals surface area contributed by atoms with Crippen molar-refractivity contribution < 1.29 is 4.74 Å². The number of hydrogen-bond donors (Lipinski definition) is 2. The molecule has 6 nitrogen and oxygen atoms in total. The van der Waals surface area contributed by atoms with Crippen molar-refractivity contribution in [3.05, 3.63) is 12.4 Å². The SMILES string of the molecule is COCCCNc1cc(N(C)C2CCNC2)ncn1. The number of rotatable bonds is 7. The van der Waals surface area contributed by atoms with Crippen LogP contribution in [0.3, 0.4) is 0 Å². The van der Waals surface area contributed by atoms with Gasteiger partial charge in [0, 0.05) is 46.0 Å². The topological polar surface area (TPSA) is 62.3 Å². The standard InChI is InChI=1S/C13H23N5O/c1-18(11-4-6-14-9-11)13-8-12(16-10-17-13)15-5-3-7-19-2/h8,10-11,14H,3-7,9H2,1-2H3,(H,15,16,17). The minimum absolute atomic E-state index is 0.524. The Morgan fingerprint density at radius 1 is 1.53 bits per heavy atom. The number of anilines is 2. The van der Waals surface area contributed by atoms with Crippen LogP contribution in [0, 0.1) is 0 Å². The highest BCUT2D eigenvalue weighted by Crippen LogP contribution is 2.17. The lowest BCUT2D eigenvalue weighted by Gasteiger charge is -2.24. The van der Waals surface area contributed by atoms with Crippen molar-refractivity contribution in [1.29, 1.82) is 0 Å². The van der Waals surface area contributed by atoms with E-state index in [0.717, 1.165) is 50.7 Å². The summed E-state index contributed by atoms with van der Waals surface area (Å²) in [5.41, 5.74) is 0. The van der Waals surface area contributed by atoms with Gasteiger partial charge in [-0.05, 0) is 19.4 Å². The number of ether oxygens (including phenoxy) is 1. The molecule has 2 heterocycles. The average molecular weight is 265 g/mol. The molecule has 0 radical (unpaired) electrons. The molecule has 1 aromatic rings. The lowest BCUT2D eigenvalue weighted by Crippen LogP contribution is -2.34. The van der Waals surface area contributed by atoms with Crippen molar-refractivity contribution >= 4 is 11.6 Å². The number of nitrogens with zero attached hydrogens (tertiary/aromatic N) is 3. The molecule has 1 unspecified atom stereocenters. The van der Waals surface area contributed by atoms with Gasteiger partial charge in [-0.15, -0.1) is 0 Å². The van der Waals surface area contributed by atoms with E-state index in [-0.39, 0.29) is 0 Å². The molecule has 6 heteroatoms. The number of likely N-dealkylation sites (N-methyl/N-ethyl adjacent to an activating group) is 1. The molecule has 0 saturated carbocycles. The molecule has 0 aromatic carbocycles. The van der Waals surface area contributed by atoms with Gasteiger partial charge >= 0.3 is 0 Å². The van der Waals surface area contributed by atoms with Gasteiger partial charge in [-0.25, -0.2) is 9.97 Å². The Morgan fingerprint density at radius 3 is 3.16 bits per heavy atom. The van der Waals surface area contributed by atoms with Crippen molar-refractivity contribution in [2.45, 2.75) is 18.9 Å². The maximum absolute atomic E-state index is 5.02. The first kappa shape index (κ1) is 14.0. The molecule has 1 atom stereocenters. The second kappa shape index (κ2) is 7.25. The van der Waals surface area contributed by atoms with Gasteiger partial charge in [0.05, 0.1) is 0 Å². The molecule has 106 valence electrons. The molecule has 2 rings (SSSR count). The largest absolute Gasteiger partial charge is 0.385 e. The molecule has 1 aliphatic rings. The van der Waals surface area contributed by atoms with Gasteiger partial charge in [0.25, 0.3) is 0 Å². The highest BCUT2D eigenvalue weighted by Gasteiger charge is 2.20. The van der Waals surface area contributed by atoms with Crippen molar-refractivity contribution in [3.8, 4) is 0 Å². The van der Waals surface area contributed by atoms with Gasteiger partial charge in [-0.3, -0.25) is 0 Å². The Morgan fingerprint density at radius 2 is 2.42 bits per heavy atom. The Balaban J connectivity index is 1.90. The van der Waals surface area contributed by atoms with Crippen LogP contribution < -0.4 is 15.5 Å². The van der Waals surface area contributed by atoms with Crippen LogP contribution in [0.25, 0.3) is 0 Å². The smallest absolute Gasteiger partial charge is 0.134 e. The Hall–Kier alpha value is -1.40. The van der Waals surface area contributed by atoms with Crippen LogP contribution in [-0.2, 0) is 4.74 Å². The zero-order valence-corrected chi connectivity index (χ0v) is 11.7. The molecule has 1 saturated heterocycles. The van der Waals surface area contributed by atoms with Gasteiger partial charge in [0.15, 0.2) is 0 Å². The van der Waals surface area contributed by atoms with Crippen molar-refractivity contribution in [3.63, 3.8) is 0 Å². The Kier molecular flexibility index (Phi) is 5.35. The maximum Gasteiger partial charge on any atom is 0.134 e. The molecule has 19 heavy (non-hydrogen) atoms. The van der Waals surface area contributed by atoms with E-state index in [9.17, 15) is 0 Å². The van der Waals surface area contributed by atoms with E-state index in [1.807, 2.05) is 6.07 Å². The van der Waals surface area contributed by atoms with Crippen LogP contribution in [0.4, 0.5) is 11.6 Å². The van der Waals surface area contributed by atoms with Gasteiger partial charge in [0.2, 0.25) is 0 Å². The fourth-order valence-electron chi connectivity index (χ4n) is 2.23. The molecule has 0 spiro atoms. The number of aromatic nitrogens is 2. The number of hydrogen-bond acceptors (Lipinski definition) is 6. The third-order valence-electron chi connectivity index (χ3n) is 3.43. The quantitative estimate of drug-likeness (QED) is 0.709. The van der Waals surface area contributed by atoms with Crippen LogP contribution in [0.1, 0.15) is 12.8 Å². The van der Waals surface area contributed by atoms with Crippen molar-refractivity contribution in [2.75, 3.05) is 50.6 Å². The second-order valence-corrected chi connectivity index (χ2v) is 4.79. The van der Waals surface area contributed by atoms with E-state index in [2.05, 4.69) is 32.5 Å². The molecule has 2 N–H and O–H groups in total. The zero-order valence-electron chi connectivity index (χ0n) is 11.7. The normalized spacial score (nSPS) is 18.5. The Labute approximate surface area is 114 Å². The third kappa shape index (κ3) is 4.04. The van der Waals surface area contributed by atoms with Gasteiger partial charge in [-0.1, -0.05) is 0 Å². The van der Waals surface area contributed by atoms with Crippen molar-refractivity contribution in [2.24, 2.45) is 0 Å². The first-order chi connectivity index (χ1) is 9.31. The average Bonchev–Trinajstić information content (AvgIpc) is 2.97. The minimum atomic E-state index is 0.524. The number of nitrogens with one attached hydrogen (secondary N) is 2. The predicted octanol–water partition coefficient (Wildman–Crippen LogP) is 0.723. The summed E-state index contributed by atoms with van der Waals surface area (Å²) in [6.07, 6.45) is 3.75. The first-order valence-corrected chi connectivity index (χ1v) is 6.79.